The standard InChI is InChI=1S/C24H24BrN3O/c25-19-12-18(14-27-15-19)24-21(8-4-5-11-26)22-13-20(9-10-23(22)28-24)29-16-17-6-2-1-3-7-17/h1-3,6-7,9-10,12-15,28H,4-5,8,11,16,26H2. The molecule has 148 valence electrons. The number of nitrogens with two attached hydrogens (primary N) is 1. The van der Waals surface area contributed by atoms with Crippen LogP contribution < -0.4 is 10.5 Å². The van der Waals surface area contributed by atoms with Gasteiger partial charge >= 0.3 is 0 Å². The number of hydrogen-bond acceptors (Lipinski definition) is 3. The van der Waals surface area contributed by atoms with Gasteiger partial charge in [-0.2, -0.15) is 0 Å². The Labute approximate surface area is 179 Å². The highest BCUT2D eigenvalue weighted by Crippen LogP contribution is 2.34. The maximum absolute atomic E-state index is 6.06. The monoisotopic (exact) mass is 449 g/mol. The molecule has 4 nitrogen and oxygen atoms in total. The maximum atomic E-state index is 6.06. The second kappa shape index (κ2) is 9.25. The molecule has 0 aliphatic carbocycles. The lowest BCUT2D eigenvalue weighted by atomic mass is 10.0. The van der Waals surface area contributed by atoms with Gasteiger partial charge in [-0.25, -0.2) is 0 Å². The van der Waals surface area contributed by atoms with E-state index in [9.17, 15) is 0 Å². The van der Waals surface area contributed by atoms with Crippen molar-refractivity contribution in [2.75, 3.05) is 6.54 Å². The van der Waals surface area contributed by atoms with Crippen LogP contribution in [-0.4, -0.2) is 16.5 Å². The van der Waals surface area contributed by atoms with Crippen molar-refractivity contribution >= 4 is 26.8 Å². The molecule has 0 saturated carbocycles. The third kappa shape index (κ3) is 4.69. The molecule has 2 heterocycles. The highest BCUT2D eigenvalue weighted by Gasteiger charge is 2.14. The summed E-state index contributed by atoms with van der Waals surface area (Å²) in [6.45, 7) is 1.27. The van der Waals surface area contributed by atoms with Gasteiger partial charge in [0.2, 0.25) is 0 Å². The summed E-state index contributed by atoms with van der Waals surface area (Å²) < 4.78 is 7.03. The van der Waals surface area contributed by atoms with Gasteiger partial charge in [0.15, 0.2) is 0 Å². The molecular formula is C24H24BrN3O. The first-order valence-electron chi connectivity index (χ1n) is 9.87. The number of benzene rings is 2. The number of rotatable bonds is 8. The molecule has 4 aromatic rings. The molecule has 0 aliphatic heterocycles. The molecule has 0 bridgehead atoms. The summed E-state index contributed by atoms with van der Waals surface area (Å²) in [5.41, 5.74) is 11.5. The lowest BCUT2D eigenvalue weighted by Gasteiger charge is -2.08. The van der Waals surface area contributed by atoms with Crippen molar-refractivity contribution in [2.24, 2.45) is 5.73 Å². The predicted octanol–water partition coefficient (Wildman–Crippen LogP) is 5.85. The molecule has 4 rings (SSSR count). The van der Waals surface area contributed by atoms with E-state index in [1.165, 1.54) is 10.9 Å². The van der Waals surface area contributed by atoms with Gasteiger partial charge in [0.1, 0.15) is 12.4 Å². The molecule has 0 atom stereocenters. The third-order valence-corrected chi connectivity index (χ3v) is 5.43. The van der Waals surface area contributed by atoms with Crippen molar-refractivity contribution in [3.8, 4) is 17.0 Å². The van der Waals surface area contributed by atoms with E-state index >= 15 is 0 Å². The molecule has 0 saturated heterocycles. The average Bonchev–Trinajstić information content (AvgIpc) is 3.11. The number of nitrogens with one attached hydrogen (secondary N) is 1. The Morgan fingerprint density at radius 1 is 1.00 bits per heavy atom. The van der Waals surface area contributed by atoms with Crippen LogP contribution in [0.4, 0.5) is 0 Å². The van der Waals surface area contributed by atoms with Crippen molar-refractivity contribution in [1.29, 1.82) is 0 Å². The smallest absolute Gasteiger partial charge is 0.120 e. The van der Waals surface area contributed by atoms with Gasteiger partial charge in [-0.05, 0) is 77.1 Å². The number of fused-ring (bicyclic) bond motifs is 1. The van der Waals surface area contributed by atoms with Gasteiger partial charge in [0.25, 0.3) is 0 Å². The average molecular weight is 450 g/mol. The van der Waals surface area contributed by atoms with Crippen LogP contribution in [-0.2, 0) is 13.0 Å². The lowest BCUT2D eigenvalue weighted by Crippen LogP contribution is -1.99. The van der Waals surface area contributed by atoms with Gasteiger partial charge in [0.05, 0.1) is 5.69 Å². The SMILES string of the molecule is NCCCCc1c(-c2cncc(Br)c2)[nH]c2ccc(OCc3ccccc3)cc12. The van der Waals surface area contributed by atoms with E-state index in [4.69, 9.17) is 10.5 Å². The fourth-order valence-corrected chi connectivity index (χ4v) is 3.92. The molecule has 0 fully saturated rings. The number of nitrogens with zero attached hydrogens (tertiary/aromatic N) is 1. The number of aryl methyl sites for hydroxylation is 1. The Kier molecular flexibility index (Phi) is 6.27. The van der Waals surface area contributed by atoms with Gasteiger partial charge in [-0.1, -0.05) is 30.3 Å². The van der Waals surface area contributed by atoms with Crippen LogP contribution in [0.1, 0.15) is 24.0 Å². The van der Waals surface area contributed by atoms with E-state index in [0.717, 1.165) is 51.8 Å². The Morgan fingerprint density at radius 3 is 2.66 bits per heavy atom. The van der Waals surface area contributed by atoms with Gasteiger partial charge in [-0.15, -0.1) is 0 Å². The predicted molar refractivity (Wildman–Crippen MR) is 122 cm³/mol. The fraction of sp³-hybridized carbons (Fsp3) is 0.208. The Hall–Kier alpha value is -2.63. The summed E-state index contributed by atoms with van der Waals surface area (Å²) in [4.78, 5) is 7.93. The van der Waals surface area contributed by atoms with Crippen LogP contribution >= 0.6 is 15.9 Å². The second-order valence-electron chi connectivity index (χ2n) is 7.10. The van der Waals surface area contributed by atoms with Crippen LogP contribution in [0.15, 0.2) is 71.5 Å². The normalized spacial score (nSPS) is 11.1. The molecule has 0 unspecified atom stereocenters. The van der Waals surface area contributed by atoms with Crippen molar-refractivity contribution in [3.05, 3.63) is 82.6 Å². The summed E-state index contributed by atoms with van der Waals surface area (Å²) in [6, 6.07) is 18.6. The number of aromatic nitrogens is 2. The lowest BCUT2D eigenvalue weighted by molar-refractivity contribution is 0.306. The topological polar surface area (TPSA) is 63.9 Å². The number of ether oxygens (including phenoxy) is 1. The molecule has 0 spiro atoms. The van der Waals surface area contributed by atoms with Gasteiger partial charge < -0.3 is 15.5 Å². The quantitative estimate of drug-likeness (QED) is 0.331. The summed E-state index contributed by atoms with van der Waals surface area (Å²) in [5.74, 6) is 0.874. The minimum atomic E-state index is 0.557. The number of hydrogen-bond donors (Lipinski definition) is 2. The van der Waals surface area contributed by atoms with Crippen LogP contribution in [0.2, 0.25) is 0 Å². The third-order valence-electron chi connectivity index (χ3n) is 5.00. The Bertz CT molecular complexity index is 1090. The zero-order valence-electron chi connectivity index (χ0n) is 16.2. The summed E-state index contributed by atoms with van der Waals surface area (Å²) >= 11 is 3.53. The first kappa shape index (κ1) is 19.7. The highest BCUT2D eigenvalue weighted by atomic mass is 79.9. The summed E-state index contributed by atoms with van der Waals surface area (Å²) in [7, 11) is 0. The molecule has 29 heavy (non-hydrogen) atoms. The highest BCUT2D eigenvalue weighted by molar-refractivity contribution is 9.10. The molecule has 2 aromatic carbocycles. The number of unbranched alkanes of at least 4 members (excludes halogenated alkanes) is 1. The largest absolute Gasteiger partial charge is 0.489 e. The van der Waals surface area contributed by atoms with E-state index in [-0.39, 0.29) is 0 Å². The molecule has 2 aromatic heterocycles. The zero-order valence-corrected chi connectivity index (χ0v) is 17.8. The molecule has 3 N–H and O–H groups in total. The number of halogens is 1. The van der Waals surface area contributed by atoms with Crippen molar-refractivity contribution < 1.29 is 4.74 Å². The van der Waals surface area contributed by atoms with Crippen molar-refractivity contribution in [1.82, 2.24) is 9.97 Å². The van der Waals surface area contributed by atoms with Crippen LogP contribution in [0, 0.1) is 0 Å². The van der Waals surface area contributed by atoms with Gasteiger partial charge in [0, 0.05) is 33.3 Å². The number of aromatic amines is 1. The number of H-pyrrole nitrogens is 1. The Balaban J connectivity index is 1.68. The van der Waals surface area contributed by atoms with Crippen molar-refractivity contribution in [3.63, 3.8) is 0 Å². The molecule has 5 heteroatoms. The maximum Gasteiger partial charge on any atom is 0.120 e. The van der Waals surface area contributed by atoms with Gasteiger partial charge in [-0.3, -0.25) is 4.98 Å². The fourth-order valence-electron chi connectivity index (χ4n) is 3.56. The summed E-state index contributed by atoms with van der Waals surface area (Å²) in [5, 5.41) is 1.20. The molecule has 0 amide bonds. The number of pyridine rings is 1. The minimum Gasteiger partial charge on any atom is -0.489 e. The van der Waals surface area contributed by atoms with Crippen LogP contribution in [0.5, 0.6) is 5.75 Å². The van der Waals surface area contributed by atoms with Crippen LogP contribution in [0.25, 0.3) is 22.2 Å². The van der Waals surface area contributed by atoms with E-state index in [1.807, 2.05) is 30.5 Å². The van der Waals surface area contributed by atoms with Crippen molar-refractivity contribution in [2.45, 2.75) is 25.9 Å². The second-order valence-corrected chi connectivity index (χ2v) is 8.01. The first-order chi connectivity index (χ1) is 14.2. The summed E-state index contributed by atoms with van der Waals surface area (Å²) in [6.07, 6.45) is 6.71. The van der Waals surface area contributed by atoms with E-state index in [1.54, 1.807) is 6.20 Å². The minimum absolute atomic E-state index is 0.557. The van der Waals surface area contributed by atoms with E-state index < -0.39 is 0 Å². The van der Waals surface area contributed by atoms with E-state index in [2.05, 4.69) is 56.2 Å². The molecule has 0 radical (unpaired) electrons. The first-order valence-corrected chi connectivity index (χ1v) is 10.7. The molecule has 0 aliphatic rings. The van der Waals surface area contributed by atoms with Crippen LogP contribution in [0.3, 0.4) is 0 Å². The molecular weight excluding hydrogens is 426 g/mol. The Morgan fingerprint density at radius 2 is 1.86 bits per heavy atom. The zero-order chi connectivity index (χ0) is 20.1. The van der Waals surface area contributed by atoms with E-state index in [0.29, 0.717) is 13.2 Å².